The van der Waals surface area contributed by atoms with E-state index < -0.39 is 35.6 Å². The molecule has 3 heterocycles. The molecular formula is C28H41NO6S. The van der Waals surface area contributed by atoms with Crippen LogP contribution in [0.2, 0.25) is 0 Å². The summed E-state index contributed by atoms with van der Waals surface area (Å²) in [5.41, 5.74) is -0.755. The highest BCUT2D eigenvalue weighted by Gasteiger charge is 2.52. The lowest BCUT2D eigenvalue weighted by atomic mass is 9.71. The van der Waals surface area contributed by atoms with Crippen LogP contribution in [0.4, 0.5) is 0 Å². The van der Waals surface area contributed by atoms with E-state index in [2.05, 4.69) is 18.5 Å². The number of aromatic nitrogens is 1. The van der Waals surface area contributed by atoms with Gasteiger partial charge in [-0.15, -0.1) is 17.9 Å². The predicted molar refractivity (Wildman–Crippen MR) is 140 cm³/mol. The first-order valence-corrected chi connectivity index (χ1v) is 13.7. The molecule has 2 aliphatic heterocycles. The van der Waals surface area contributed by atoms with E-state index in [1.165, 1.54) is 0 Å². The number of aliphatic hydroxyl groups is 2. The van der Waals surface area contributed by atoms with Crippen molar-refractivity contribution in [2.45, 2.75) is 103 Å². The van der Waals surface area contributed by atoms with Gasteiger partial charge in [0.1, 0.15) is 11.9 Å². The van der Waals surface area contributed by atoms with Crippen LogP contribution in [0.25, 0.3) is 6.08 Å². The van der Waals surface area contributed by atoms with Gasteiger partial charge in [-0.2, -0.15) is 0 Å². The summed E-state index contributed by atoms with van der Waals surface area (Å²) < 4.78 is 11.8. The molecule has 8 heteroatoms. The third kappa shape index (κ3) is 6.91. The normalized spacial score (nSPS) is 36.3. The summed E-state index contributed by atoms with van der Waals surface area (Å²) in [6, 6.07) is 0. The lowest BCUT2D eigenvalue weighted by Gasteiger charge is -2.35. The lowest BCUT2D eigenvalue weighted by molar-refractivity contribution is -0.154. The van der Waals surface area contributed by atoms with E-state index in [-0.39, 0.29) is 29.8 Å². The highest BCUT2D eigenvalue weighted by Crippen LogP contribution is 2.44. The number of allylic oxidation sites excluding steroid dienone is 1. The van der Waals surface area contributed by atoms with Crippen molar-refractivity contribution in [3.8, 4) is 0 Å². The smallest absolute Gasteiger partial charge is 0.309 e. The Kier molecular flexibility index (Phi) is 9.30. The minimum atomic E-state index is -1.26. The molecule has 2 unspecified atom stereocenters. The molecule has 7 nitrogen and oxygen atoms in total. The monoisotopic (exact) mass is 519 g/mol. The van der Waals surface area contributed by atoms with E-state index in [0.29, 0.717) is 12.8 Å². The van der Waals surface area contributed by atoms with Gasteiger partial charge in [-0.1, -0.05) is 33.3 Å². The molecule has 0 amide bonds. The molecule has 0 aromatic carbocycles. The van der Waals surface area contributed by atoms with Crippen LogP contribution >= 0.6 is 11.3 Å². The molecule has 1 aromatic heterocycles. The average Bonchev–Trinajstić information content (AvgIpc) is 3.24. The standard InChI is InChI=1S/C28H41NO6S/c1-7-9-21-25(32)17(2)10-8-13-28(6)23(35-28)14-20(12-11-19-16-36-18(3)29-19)34-24(31)15-22(30)27(4,5)26(21)33/h7,11-12,16-17,20-23,25,30,32H,1,8-10,13-15H2,2-6H3/t17-,20+,21+,22-,23?,25+,28?/m0/s1. The fraction of sp³-hybridized carbons (Fsp3) is 0.679. The van der Waals surface area contributed by atoms with Crippen LogP contribution in [-0.4, -0.2) is 57.0 Å². The van der Waals surface area contributed by atoms with Gasteiger partial charge >= 0.3 is 5.97 Å². The number of aliphatic hydroxyl groups excluding tert-OH is 2. The number of cyclic esters (lactones) is 1. The van der Waals surface area contributed by atoms with Crippen LogP contribution in [0.3, 0.4) is 0 Å². The molecular weight excluding hydrogens is 478 g/mol. The third-order valence-electron chi connectivity index (χ3n) is 7.80. The van der Waals surface area contributed by atoms with Gasteiger partial charge in [0, 0.05) is 17.7 Å². The number of hydrogen-bond donors (Lipinski definition) is 2. The van der Waals surface area contributed by atoms with Gasteiger partial charge in [0.2, 0.25) is 0 Å². The van der Waals surface area contributed by atoms with Crippen LogP contribution in [0.5, 0.6) is 0 Å². The maximum atomic E-state index is 13.5. The highest BCUT2D eigenvalue weighted by molar-refractivity contribution is 7.09. The molecule has 0 radical (unpaired) electrons. The van der Waals surface area contributed by atoms with Crippen LogP contribution in [-0.2, 0) is 19.1 Å². The number of ether oxygens (including phenoxy) is 2. The molecule has 36 heavy (non-hydrogen) atoms. The molecule has 2 saturated heterocycles. The fourth-order valence-electron chi connectivity index (χ4n) is 5.04. The maximum absolute atomic E-state index is 13.5. The van der Waals surface area contributed by atoms with Crippen molar-refractivity contribution in [1.82, 2.24) is 4.98 Å². The SMILES string of the molecule is C=CC[C@H]1C(=O)C(C)(C)[C@@H](O)CC(=O)O[C@H](C=Cc2csc(C)n2)CC2OC2(C)CCC[C@H](C)[C@H]1O. The second-order valence-corrected chi connectivity index (χ2v) is 12.2. The largest absolute Gasteiger partial charge is 0.458 e. The van der Waals surface area contributed by atoms with Crippen molar-refractivity contribution < 1.29 is 29.3 Å². The van der Waals surface area contributed by atoms with E-state index in [0.717, 1.165) is 30.0 Å². The number of rotatable bonds is 4. The number of nitrogens with zero attached hydrogens (tertiary/aromatic N) is 1. The number of Topliss-reactive ketones (excluding diaryl/α,β-unsaturated/α-hetero) is 1. The van der Waals surface area contributed by atoms with E-state index in [1.807, 2.05) is 31.4 Å². The minimum Gasteiger partial charge on any atom is -0.458 e. The highest BCUT2D eigenvalue weighted by atomic mass is 32.1. The first-order chi connectivity index (χ1) is 16.9. The van der Waals surface area contributed by atoms with Gasteiger partial charge in [-0.3, -0.25) is 9.59 Å². The zero-order valence-electron chi connectivity index (χ0n) is 22.1. The minimum absolute atomic E-state index is 0.0540. The van der Waals surface area contributed by atoms with Gasteiger partial charge in [-0.25, -0.2) is 4.98 Å². The van der Waals surface area contributed by atoms with Crippen molar-refractivity contribution in [3.05, 3.63) is 34.8 Å². The molecule has 200 valence electrons. The van der Waals surface area contributed by atoms with E-state index in [9.17, 15) is 19.8 Å². The van der Waals surface area contributed by atoms with Crippen LogP contribution in [0.1, 0.15) is 76.9 Å². The quantitative estimate of drug-likeness (QED) is 0.339. The molecule has 7 atom stereocenters. The van der Waals surface area contributed by atoms with E-state index >= 15 is 0 Å². The molecule has 2 fully saturated rings. The number of epoxide rings is 1. The summed E-state index contributed by atoms with van der Waals surface area (Å²) >= 11 is 1.55. The number of aryl methyl sites for hydroxylation is 1. The van der Waals surface area contributed by atoms with Gasteiger partial charge in [0.25, 0.3) is 0 Å². The molecule has 0 saturated carbocycles. The van der Waals surface area contributed by atoms with Crippen LogP contribution in [0, 0.1) is 24.2 Å². The Morgan fingerprint density at radius 2 is 2.00 bits per heavy atom. The number of carbonyl (C=O) groups excluding carboxylic acids is 2. The Labute approximate surface area is 218 Å². The Balaban J connectivity index is 1.84. The summed E-state index contributed by atoms with van der Waals surface area (Å²) in [6.07, 6.45) is 5.44. The first kappa shape index (κ1) is 28.7. The lowest BCUT2D eigenvalue weighted by Crippen LogP contribution is -2.46. The summed E-state index contributed by atoms with van der Waals surface area (Å²) in [5.74, 6) is -1.68. The maximum Gasteiger partial charge on any atom is 0.309 e. The van der Waals surface area contributed by atoms with Crippen molar-refractivity contribution in [2.75, 3.05) is 0 Å². The number of ketones is 1. The van der Waals surface area contributed by atoms with Gasteiger partial charge in [0.15, 0.2) is 0 Å². The van der Waals surface area contributed by atoms with Crippen molar-refractivity contribution >= 4 is 29.2 Å². The van der Waals surface area contributed by atoms with Crippen LogP contribution < -0.4 is 0 Å². The summed E-state index contributed by atoms with van der Waals surface area (Å²) in [7, 11) is 0. The Bertz CT molecular complexity index is 971. The molecule has 0 aliphatic carbocycles. The second kappa shape index (κ2) is 11.7. The number of carbonyl (C=O) groups is 2. The summed E-state index contributed by atoms with van der Waals surface area (Å²) in [4.78, 5) is 30.8. The first-order valence-electron chi connectivity index (χ1n) is 12.9. The van der Waals surface area contributed by atoms with Crippen molar-refractivity contribution in [2.24, 2.45) is 17.3 Å². The van der Waals surface area contributed by atoms with E-state index in [1.54, 1.807) is 31.3 Å². The zero-order valence-corrected chi connectivity index (χ0v) is 22.9. The predicted octanol–water partition coefficient (Wildman–Crippen LogP) is 4.64. The molecule has 2 aliphatic rings. The van der Waals surface area contributed by atoms with Gasteiger partial charge in [0.05, 0.1) is 46.5 Å². The molecule has 2 N–H and O–H groups in total. The Morgan fingerprint density at radius 1 is 1.28 bits per heavy atom. The van der Waals surface area contributed by atoms with Crippen molar-refractivity contribution in [3.63, 3.8) is 0 Å². The molecule has 0 bridgehead atoms. The van der Waals surface area contributed by atoms with Crippen LogP contribution in [0.15, 0.2) is 24.1 Å². The average molecular weight is 520 g/mol. The molecule has 0 spiro atoms. The topological polar surface area (TPSA) is 109 Å². The Hall–Kier alpha value is -1.87. The third-order valence-corrected chi connectivity index (χ3v) is 8.59. The number of fused-ring (bicyclic) bond motifs is 1. The van der Waals surface area contributed by atoms with Gasteiger partial charge < -0.3 is 19.7 Å². The van der Waals surface area contributed by atoms with E-state index in [4.69, 9.17) is 9.47 Å². The number of thiazole rings is 1. The fourth-order valence-corrected chi connectivity index (χ4v) is 5.62. The number of hydrogen-bond acceptors (Lipinski definition) is 8. The molecule has 3 rings (SSSR count). The zero-order chi connectivity index (χ0) is 26.7. The molecule has 1 aromatic rings. The summed E-state index contributed by atoms with van der Waals surface area (Å²) in [6.45, 7) is 12.9. The number of esters is 1. The second-order valence-electron chi connectivity index (χ2n) is 11.1. The Morgan fingerprint density at radius 3 is 2.64 bits per heavy atom. The summed E-state index contributed by atoms with van der Waals surface area (Å²) in [5, 5.41) is 24.9. The van der Waals surface area contributed by atoms with Crippen molar-refractivity contribution in [1.29, 1.82) is 0 Å². The van der Waals surface area contributed by atoms with Gasteiger partial charge in [-0.05, 0) is 51.2 Å².